The van der Waals surface area contributed by atoms with Gasteiger partial charge in [0.25, 0.3) is 0 Å². The third-order valence-corrected chi connectivity index (χ3v) is 4.79. The Morgan fingerprint density at radius 1 is 1.14 bits per heavy atom. The van der Waals surface area contributed by atoms with Gasteiger partial charge in [0.1, 0.15) is 6.61 Å². The number of ether oxygens (including phenoxy) is 3. The molecular weight excluding hydrogens is 270 g/mol. The molecule has 0 aromatic carbocycles. The minimum Gasteiger partial charge on any atom is -0.383 e. The van der Waals surface area contributed by atoms with Gasteiger partial charge in [-0.05, 0) is 38.0 Å². The van der Waals surface area contributed by atoms with Crippen LogP contribution in [0.1, 0.15) is 39.0 Å². The SMILES string of the molecule is COC[C@@H]1C[C@@H](OC)CN1C(=O)COC1CCC(C)CC1. The Bertz CT molecular complexity index is 328. The lowest BCUT2D eigenvalue weighted by Crippen LogP contribution is -2.41. The normalized spacial score (nSPS) is 33.4. The van der Waals surface area contributed by atoms with E-state index in [1.807, 2.05) is 4.90 Å². The molecule has 2 atom stereocenters. The molecule has 2 fully saturated rings. The first-order chi connectivity index (χ1) is 10.1. The van der Waals surface area contributed by atoms with Crippen LogP contribution in [0, 0.1) is 5.92 Å². The Balaban J connectivity index is 1.78. The van der Waals surface area contributed by atoms with Gasteiger partial charge in [-0.25, -0.2) is 0 Å². The summed E-state index contributed by atoms with van der Waals surface area (Å²) in [5.41, 5.74) is 0. The number of rotatable bonds is 6. The third kappa shape index (κ3) is 4.66. The van der Waals surface area contributed by atoms with E-state index < -0.39 is 0 Å². The van der Waals surface area contributed by atoms with Gasteiger partial charge in [-0.3, -0.25) is 4.79 Å². The van der Waals surface area contributed by atoms with E-state index in [0.29, 0.717) is 13.2 Å². The molecule has 21 heavy (non-hydrogen) atoms. The lowest BCUT2D eigenvalue weighted by molar-refractivity contribution is -0.141. The Morgan fingerprint density at radius 2 is 1.86 bits per heavy atom. The van der Waals surface area contributed by atoms with Crippen LogP contribution in [-0.4, -0.2) is 63.0 Å². The van der Waals surface area contributed by atoms with Gasteiger partial charge in [0.05, 0.1) is 24.9 Å². The molecule has 5 nitrogen and oxygen atoms in total. The maximum absolute atomic E-state index is 12.4. The van der Waals surface area contributed by atoms with Crippen LogP contribution in [0.15, 0.2) is 0 Å². The number of hydrogen-bond acceptors (Lipinski definition) is 4. The molecule has 0 N–H and O–H groups in total. The van der Waals surface area contributed by atoms with E-state index in [1.165, 1.54) is 12.8 Å². The fourth-order valence-corrected chi connectivity index (χ4v) is 3.37. The minimum absolute atomic E-state index is 0.0650. The highest BCUT2D eigenvalue weighted by molar-refractivity contribution is 5.78. The van der Waals surface area contributed by atoms with Gasteiger partial charge in [-0.1, -0.05) is 6.92 Å². The number of nitrogens with zero attached hydrogens (tertiary/aromatic N) is 1. The summed E-state index contributed by atoms with van der Waals surface area (Å²) < 4.78 is 16.4. The molecule has 1 aliphatic carbocycles. The van der Waals surface area contributed by atoms with Crippen LogP contribution in [0.4, 0.5) is 0 Å². The van der Waals surface area contributed by atoms with Crippen molar-refractivity contribution < 1.29 is 19.0 Å². The molecule has 1 saturated carbocycles. The van der Waals surface area contributed by atoms with Gasteiger partial charge in [0, 0.05) is 20.8 Å². The van der Waals surface area contributed by atoms with E-state index in [1.54, 1.807) is 14.2 Å². The zero-order chi connectivity index (χ0) is 15.2. The third-order valence-electron chi connectivity index (χ3n) is 4.79. The molecule has 0 aromatic heterocycles. The smallest absolute Gasteiger partial charge is 0.249 e. The zero-order valence-corrected chi connectivity index (χ0v) is 13.5. The van der Waals surface area contributed by atoms with Crippen LogP contribution < -0.4 is 0 Å². The Morgan fingerprint density at radius 3 is 2.48 bits per heavy atom. The zero-order valence-electron chi connectivity index (χ0n) is 13.5. The molecule has 0 radical (unpaired) electrons. The summed E-state index contributed by atoms with van der Waals surface area (Å²) in [6.45, 7) is 3.68. The van der Waals surface area contributed by atoms with Gasteiger partial charge in [-0.2, -0.15) is 0 Å². The summed E-state index contributed by atoms with van der Waals surface area (Å²) in [5, 5.41) is 0. The summed E-state index contributed by atoms with van der Waals surface area (Å²) in [5.74, 6) is 0.864. The second kappa shape index (κ2) is 8.11. The van der Waals surface area contributed by atoms with Crippen molar-refractivity contribution in [2.75, 3.05) is 34.0 Å². The van der Waals surface area contributed by atoms with Crippen LogP contribution in [0.25, 0.3) is 0 Å². The van der Waals surface area contributed by atoms with Crippen LogP contribution in [0.2, 0.25) is 0 Å². The second-order valence-electron chi connectivity index (χ2n) is 6.44. The minimum atomic E-state index is 0.0650. The molecule has 1 amide bonds. The van der Waals surface area contributed by atoms with E-state index in [9.17, 15) is 4.79 Å². The van der Waals surface area contributed by atoms with Crippen molar-refractivity contribution in [3.05, 3.63) is 0 Å². The highest BCUT2D eigenvalue weighted by Crippen LogP contribution is 2.26. The molecule has 5 heteroatoms. The number of carbonyl (C=O) groups excluding carboxylic acids is 1. The molecule has 1 saturated heterocycles. The van der Waals surface area contributed by atoms with E-state index in [-0.39, 0.29) is 30.8 Å². The molecule has 1 heterocycles. The highest BCUT2D eigenvalue weighted by atomic mass is 16.5. The highest BCUT2D eigenvalue weighted by Gasteiger charge is 2.35. The Labute approximate surface area is 127 Å². The predicted octanol–water partition coefficient (Wildman–Crippen LogP) is 1.84. The largest absolute Gasteiger partial charge is 0.383 e. The van der Waals surface area contributed by atoms with Gasteiger partial charge in [-0.15, -0.1) is 0 Å². The Hall–Kier alpha value is -0.650. The quantitative estimate of drug-likeness (QED) is 0.751. The lowest BCUT2D eigenvalue weighted by Gasteiger charge is -2.28. The maximum atomic E-state index is 12.4. The van der Waals surface area contributed by atoms with Crippen molar-refractivity contribution in [2.45, 2.75) is 57.3 Å². The number of hydrogen-bond donors (Lipinski definition) is 0. The van der Waals surface area contributed by atoms with Crippen LogP contribution in [0.3, 0.4) is 0 Å². The van der Waals surface area contributed by atoms with Gasteiger partial charge >= 0.3 is 0 Å². The van der Waals surface area contributed by atoms with E-state index in [2.05, 4.69) is 6.92 Å². The molecule has 0 aromatic rings. The lowest BCUT2D eigenvalue weighted by atomic mass is 9.89. The molecule has 0 unspecified atom stereocenters. The topological polar surface area (TPSA) is 48.0 Å². The molecular formula is C16H29NO4. The molecule has 0 bridgehead atoms. The molecule has 1 aliphatic heterocycles. The first kappa shape index (κ1) is 16.7. The van der Waals surface area contributed by atoms with Crippen molar-refractivity contribution in [1.29, 1.82) is 0 Å². The molecule has 0 spiro atoms. The Kier molecular flexibility index (Phi) is 6.45. The van der Waals surface area contributed by atoms with Gasteiger partial charge in [0.2, 0.25) is 5.91 Å². The summed E-state index contributed by atoms with van der Waals surface area (Å²) >= 11 is 0. The van der Waals surface area contributed by atoms with Crippen LogP contribution >= 0.6 is 0 Å². The van der Waals surface area contributed by atoms with Crippen LogP contribution in [0.5, 0.6) is 0 Å². The fourth-order valence-electron chi connectivity index (χ4n) is 3.37. The average molecular weight is 299 g/mol. The average Bonchev–Trinajstić information content (AvgIpc) is 2.90. The molecule has 122 valence electrons. The monoisotopic (exact) mass is 299 g/mol. The fraction of sp³-hybridized carbons (Fsp3) is 0.938. The number of amides is 1. The predicted molar refractivity (Wildman–Crippen MR) is 80.2 cm³/mol. The van der Waals surface area contributed by atoms with Crippen molar-refractivity contribution in [3.63, 3.8) is 0 Å². The molecule has 2 rings (SSSR count). The van der Waals surface area contributed by atoms with Crippen molar-refractivity contribution in [2.24, 2.45) is 5.92 Å². The summed E-state index contributed by atoms with van der Waals surface area (Å²) in [7, 11) is 3.37. The van der Waals surface area contributed by atoms with Gasteiger partial charge < -0.3 is 19.1 Å². The number of likely N-dealkylation sites (tertiary alicyclic amines) is 1. The van der Waals surface area contributed by atoms with E-state index in [4.69, 9.17) is 14.2 Å². The number of carbonyl (C=O) groups is 1. The van der Waals surface area contributed by atoms with Crippen LogP contribution in [-0.2, 0) is 19.0 Å². The maximum Gasteiger partial charge on any atom is 0.249 e. The van der Waals surface area contributed by atoms with E-state index in [0.717, 1.165) is 25.2 Å². The summed E-state index contributed by atoms with van der Waals surface area (Å²) in [4.78, 5) is 14.3. The van der Waals surface area contributed by atoms with Gasteiger partial charge in [0.15, 0.2) is 0 Å². The number of methoxy groups -OCH3 is 2. The van der Waals surface area contributed by atoms with Crippen molar-refractivity contribution >= 4 is 5.91 Å². The van der Waals surface area contributed by atoms with E-state index >= 15 is 0 Å². The summed E-state index contributed by atoms with van der Waals surface area (Å²) in [6.07, 6.45) is 5.79. The van der Waals surface area contributed by atoms with Crippen molar-refractivity contribution in [3.8, 4) is 0 Å². The second-order valence-corrected chi connectivity index (χ2v) is 6.44. The summed E-state index contributed by atoms with van der Waals surface area (Å²) in [6, 6.07) is 0.113. The molecule has 2 aliphatic rings. The van der Waals surface area contributed by atoms with Crippen molar-refractivity contribution in [1.82, 2.24) is 4.90 Å². The first-order valence-electron chi connectivity index (χ1n) is 8.06. The first-order valence-corrected chi connectivity index (χ1v) is 8.06. The standard InChI is InChI=1S/C16H29NO4/c1-12-4-6-14(7-5-12)21-11-16(18)17-9-15(20-3)8-13(17)10-19-2/h12-15H,4-11H2,1-3H3/t12?,13-,14?,15+/m0/s1.